The molecule has 4 nitrogen and oxygen atoms in total. The Morgan fingerprint density at radius 1 is 1.32 bits per heavy atom. The largest absolute Gasteiger partial charge is 0.497 e. The monoisotopic (exact) mass is 283 g/mol. The lowest BCUT2D eigenvalue weighted by Gasteiger charge is -2.28. The fraction of sp³-hybridized carbons (Fsp3) is 0.571. The summed E-state index contributed by atoms with van der Waals surface area (Å²) in [4.78, 5) is 0. The zero-order valence-electron chi connectivity index (χ0n) is 11.6. The standard InChI is InChI=1S/C14H21NO3S/c1-3-4-9-19(16,17)15-8-7-12-10-14(18-2)6-5-13(12)11-15/h5-6,10H,3-4,7-9,11H2,1-2H3. The summed E-state index contributed by atoms with van der Waals surface area (Å²) in [6.07, 6.45) is 2.40. The molecule has 2 rings (SSSR count). The SMILES string of the molecule is CCCCS(=O)(=O)N1CCc2cc(OC)ccc2C1. The van der Waals surface area contributed by atoms with Crippen LogP contribution in [0.25, 0.3) is 0 Å². The molecule has 1 aliphatic rings. The summed E-state index contributed by atoms with van der Waals surface area (Å²) in [5, 5.41) is 0. The molecule has 0 spiro atoms. The molecule has 5 heteroatoms. The summed E-state index contributed by atoms with van der Waals surface area (Å²) in [5.74, 6) is 1.09. The minimum Gasteiger partial charge on any atom is -0.497 e. The van der Waals surface area contributed by atoms with Crippen LogP contribution in [0.2, 0.25) is 0 Å². The maximum Gasteiger partial charge on any atom is 0.214 e. The van der Waals surface area contributed by atoms with Gasteiger partial charge in [-0.2, -0.15) is 4.31 Å². The van der Waals surface area contributed by atoms with E-state index in [-0.39, 0.29) is 5.75 Å². The van der Waals surface area contributed by atoms with Crippen molar-refractivity contribution in [3.05, 3.63) is 29.3 Å². The van der Waals surface area contributed by atoms with E-state index in [1.807, 2.05) is 25.1 Å². The number of hydrogen-bond acceptors (Lipinski definition) is 3. The number of unbranched alkanes of at least 4 members (excludes halogenated alkanes) is 1. The molecule has 0 aromatic heterocycles. The van der Waals surface area contributed by atoms with E-state index in [2.05, 4.69) is 0 Å². The second-order valence-electron chi connectivity index (χ2n) is 4.89. The van der Waals surface area contributed by atoms with Crippen LogP contribution in [0.5, 0.6) is 5.75 Å². The van der Waals surface area contributed by atoms with Crippen LogP contribution in [0.15, 0.2) is 18.2 Å². The molecule has 0 aliphatic carbocycles. The molecule has 1 heterocycles. The van der Waals surface area contributed by atoms with E-state index in [4.69, 9.17) is 4.74 Å². The van der Waals surface area contributed by atoms with Gasteiger partial charge in [0.05, 0.1) is 12.9 Å². The molecule has 1 aliphatic heterocycles. The van der Waals surface area contributed by atoms with Crippen LogP contribution < -0.4 is 4.74 Å². The third-order valence-electron chi connectivity index (χ3n) is 3.54. The Morgan fingerprint density at radius 2 is 2.11 bits per heavy atom. The zero-order chi connectivity index (χ0) is 13.9. The van der Waals surface area contributed by atoms with Crippen molar-refractivity contribution in [2.75, 3.05) is 19.4 Å². The van der Waals surface area contributed by atoms with Crippen LogP contribution in [0.3, 0.4) is 0 Å². The third kappa shape index (κ3) is 3.28. The van der Waals surface area contributed by atoms with Gasteiger partial charge in [0.25, 0.3) is 0 Å². The predicted octanol–water partition coefficient (Wildman–Crippen LogP) is 2.18. The van der Waals surface area contributed by atoms with Gasteiger partial charge in [0.2, 0.25) is 10.0 Å². The molecular formula is C14H21NO3S. The van der Waals surface area contributed by atoms with Gasteiger partial charge in [-0.05, 0) is 36.1 Å². The maximum atomic E-state index is 12.2. The summed E-state index contributed by atoms with van der Waals surface area (Å²) >= 11 is 0. The van der Waals surface area contributed by atoms with Crippen molar-refractivity contribution in [2.24, 2.45) is 0 Å². The quantitative estimate of drug-likeness (QED) is 0.832. The highest BCUT2D eigenvalue weighted by Crippen LogP contribution is 2.25. The number of hydrogen-bond donors (Lipinski definition) is 0. The Morgan fingerprint density at radius 3 is 2.79 bits per heavy atom. The molecule has 0 fully saturated rings. The molecule has 0 saturated carbocycles. The molecule has 106 valence electrons. The molecule has 0 atom stereocenters. The Labute approximate surface area is 115 Å². The van der Waals surface area contributed by atoms with Crippen LogP contribution in [0.4, 0.5) is 0 Å². The minimum atomic E-state index is -3.10. The molecule has 0 N–H and O–H groups in total. The second-order valence-corrected chi connectivity index (χ2v) is 6.98. The summed E-state index contributed by atoms with van der Waals surface area (Å²) in [6, 6.07) is 5.86. The molecule has 0 amide bonds. The predicted molar refractivity (Wildman–Crippen MR) is 75.8 cm³/mol. The van der Waals surface area contributed by atoms with Crippen molar-refractivity contribution in [3.8, 4) is 5.75 Å². The molecule has 1 aromatic rings. The van der Waals surface area contributed by atoms with Crippen LogP contribution in [0, 0.1) is 0 Å². The highest BCUT2D eigenvalue weighted by molar-refractivity contribution is 7.89. The van der Waals surface area contributed by atoms with Crippen LogP contribution in [-0.4, -0.2) is 32.1 Å². The minimum absolute atomic E-state index is 0.259. The van der Waals surface area contributed by atoms with Gasteiger partial charge in [-0.15, -0.1) is 0 Å². The van der Waals surface area contributed by atoms with Crippen molar-refractivity contribution in [1.29, 1.82) is 0 Å². The second kappa shape index (κ2) is 5.92. The Hall–Kier alpha value is -1.07. The molecule has 1 aromatic carbocycles. The first kappa shape index (κ1) is 14.3. The normalized spacial score (nSPS) is 16.1. The van der Waals surface area contributed by atoms with E-state index in [1.54, 1.807) is 11.4 Å². The van der Waals surface area contributed by atoms with E-state index in [9.17, 15) is 8.42 Å². The number of benzene rings is 1. The number of ether oxygens (including phenoxy) is 1. The smallest absolute Gasteiger partial charge is 0.214 e. The fourth-order valence-corrected chi connectivity index (χ4v) is 3.94. The lowest BCUT2D eigenvalue weighted by Crippen LogP contribution is -2.37. The molecule has 0 saturated heterocycles. The topological polar surface area (TPSA) is 46.6 Å². The highest BCUT2D eigenvalue weighted by Gasteiger charge is 2.26. The summed E-state index contributed by atoms with van der Waals surface area (Å²) in [5.41, 5.74) is 2.29. The van der Waals surface area contributed by atoms with Crippen molar-refractivity contribution in [2.45, 2.75) is 32.7 Å². The van der Waals surface area contributed by atoms with E-state index in [1.165, 1.54) is 5.56 Å². The molecule has 0 bridgehead atoms. The molecule has 0 radical (unpaired) electrons. The van der Waals surface area contributed by atoms with Crippen molar-refractivity contribution >= 4 is 10.0 Å². The van der Waals surface area contributed by atoms with E-state index < -0.39 is 10.0 Å². The maximum absolute atomic E-state index is 12.2. The van der Waals surface area contributed by atoms with Gasteiger partial charge in [0.1, 0.15) is 5.75 Å². The number of fused-ring (bicyclic) bond motifs is 1. The summed E-state index contributed by atoms with van der Waals surface area (Å²) in [7, 11) is -1.46. The third-order valence-corrected chi connectivity index (χ3v) is 5.44. The zero-order valence-corrected chi connectivity index (χ0v) is 12.4. The molecular weight excluding hydrogens is 262 g/mol. The van der Waals surface area contributed by atoms with E-state index in [0.717, 1.165) is 30.6 Å². The summed E-state index contributed by atoms with van der Waals surface area (Å²) < 4.78 is 31.2. The van der Waals surface area contributed by atoms with Crippen molar-refractivity contribution < 1.29 is 13.2 Å². The first-order valence-electron chi connectivity index (χ1n) is 6.70. The van der Waals surface area contributed by atoms with Crippen LogP contribution in [0.1, 0.15) is 30.9 Å². The van der Waals surface area contributed by atoms with Crippen molar-refractivity contribution in [1.82, 2.24) is 4.31 Å². The van der Waals surface area contributed by atoms with E-state index in [0.29, 0.717) is 13.1 Å². The highest BCUT2D eigenvalue weighted by atomic mass is 32.2. The Balaban J connectivity index is 2.14. The van der Waals surface area contributed by atoms with Gasteiger partial charge >= 0.3 is 0 Å². The van der Waals surface area contributed by atoms with Gasteiger partial charge in [0.15, 0.2) is 0 Å². The Bertz CT molecular complexity index is 540. The van der Waals surface area contributed by atoms with Crippen molar-refractivity contribution in [3.63, 3.8) is 0 Å². The first-order valence-corrected chi connectivity index (χ1v) is 8.31. The lowest BCUT2D eigenvalue weighted by molar-refractivity contribution is 0.386. The van der Waals surface area contributed by atoms with Crippen LogP contribution in [-0.2, 0) is 23.0 Å². The summed E-state index contributed by atoms with van der Waals surface area (Å²) in [6.45, 7) is 3.07. The number of sulfonamides is 1. The molecule has 19 heavy (non-hydrogen) atoms. The number of rotatable bonds is 5. The average Bonchev–Trinajstić information content (AvgIpc) is 2.44. The average molecular weight is 283 g/mol. The number of nitrogens with zero attached hydrogens (tertiary/aromatic N) is 1. The number of methoxy groups -OCH3 is 1. The van der Waals surface area contributed by atoms with Crippen LogP contribution >= 0.6 is 0 Å². The molecule has 0 unspecified atom stereocenters. The first-order chi connectivity index (χ1) is 9.06. The van der Waals surface area contributed by atoms with Gasteiger partial charge in [-0.3, -0.25) is 0 Å². The van der Waals surface area contributed by atoms with Gasteiger partial charge in [-0.25, -0.2) is 8.42 Å². The van der Waals surface area contributed by atoms with E-state index >= 15 is 0 Å². The van der Waals surface area contributed by atoms with Gasteiger partial charge < -0.3 is 4.74 Å². The van der Waals surface area contributed by atoms with Gasteiger partial charge in [-0.1, -0.05) is 19.4 Å². The van der Waals surface area contributed by atoms with Gasteiger partial charge in [0, 0.05) is 13.1 Å². The lowest BCUT2D eigenvalue weighted by atomic mass is 10.0. The fourth-order valence-electron chi connectivity index (χ4n) is 2.32. The Kier molecular flexibility index (Phi) is 4.47.